The van der Waals surface area contributed by atoms with Gasteiger partial charge in [-0.2, -0.15) is 5.10 Å². The van der Waals surface area contributed by atoms with Gasteiger partial charge in [-0.1, -0.05) is 0 Å². The molecule has 0 atom stereocenters. The molecule has 100 valence electrons. The van der Waals surface area contributed by atoms with E-state index in [0.717, 1.165) is 16.7 Å². The topological polar surface area (TPSA) is 89.6 Å². The van der Waals surface area contributed by atoms with Gasteiger partial charge in [0.2, 0.25) is 0 Å². The summed E-state index contributed by atoms with van der Waals surface area (Å²) in [7, 11) is 1.72. The van der Waals surface area contributed by atoms with Crippen LogP contribution in [0.25, 0.3) is 22.3 Å². The van der Waals surface area contributed by atoms with Crippen LogP contribution in [-0.2, 0) is 7.05 Å². The first-order chi connectivity index (χ1) is 9.66. The van der Waals surface area contributed by atoms with E-state index in [1.807, 2.05) is 12.1 Å². The van der Waals surface area contributed by atoms with Crippen molar-refractivity contribution in [1.82, 2.24) is 19.7 Å². The van der Waals surface area contributed by atoms with E-state index in [0.29, 0.717) is 11.4 Å². The van der Waals surface area contributed by atoms with Crippen LogP contribution < -0.4 is 11.3 Å². The molecule has 6 nitrogen and oxygen atoms in total. The molecule has 0 saturated heterocycles. The number of anilines is 1. The second-order valence-corrected chi connectivity index (χ2v) is 4.48. The first-order valence-corrected chi connectivity index (χ1v) is 6.07. The normalized spacial score (nSPS) is 10.7. The Kier molecular flexibility index (Phi) is 2.83. The largest absolute Gasteiger partial charge is 0.383 e. The van der Waals surface area contributed by atoms with Crippen LogP contribution in [0.1, 0.15) is 0 Å². The number of aromatic amines is 1. The Morgan fingerprint density at radius 3 is 2.85 bits per heavy atom. The lowest BCUT2D eigenvalue weighted by atomic mass is 10.0. The van der Waals surface area contributed by atoms with Crippen molar-refractivity contribution in [3.63, 3.8) is 0 Å². The summed E-state index contributed by atoms with van der Waals surface area (Å²) in [5.41, 5.74) is 8.73. The lowest BCUT2D eigenvalue weighted by molar-refractivity contribution is 0.863. The molecule has 0 radical (unpaired) electrons. The van der Waals surface area contributed by atoms with Crippen molar-refractivity contribution >= 4 is 5.82 Å². The molecule has 3 rings (SSSR count). The number of hydrogen-bond donors (Lipinski definition) is 2. The third-order valence-electron chi connectivity index (χ3n) is 3.16. The summed E-state index contributed by atoms with van der Waals surface area (Å²) in [6.45, 7) is 0. The second kappa shape index (κ2) is 4.65. The molecule has 3 heterocycles. The van der Waals surface area contributed by atoms with E-state index in [1.165, 1.54) is 4.57 Å². The van der Waals surface area contributed by atoms with Crippen LogP contribution in [0.2, 0.25) is 0 Å². The molecule has 0 aliphatic rings. The molecule has 6 heteroatoms. The zero-order chi connectivity index (χ0) is 14.1. The third-order valence-corrected chi connectivity index (χ3v) is 3.16. The van der Waals surface area contributed by atoms with Gasteiger partial charge >= 0.3 is 0 Å². The first kappa shape index (κ1) is 12.2. The van der Waals surface area contributed by atoms with Gasteiger partial charge in [-0.15, -0.1) is 0 Å². The lowest BCUT2D eigenvalue weighted by Gasteiger charge is -2.07. The smallest absolute Gasteiger partial charge is 0.258 e. The first-order valence-electron chi connectivity index (χ1n) is 6.07. The van der Waals surface area contributed by atoms with E-state index in [1.54, 1.807) is 37.9 Å². The molecule has 20 heavy (non-hydrogen) atoms. The molecule has 0 spiro atoms. The van der Waals surface area contributed by atoms with Crippen molar-refractivity contribution in [1.29, 1.82) is 0 Å². The van der Waals surface area contributed by atoms with Gasteiger partial charge in [0.05, 0.1) is 6.20 Å². The molecule has 0 aliphatic carbocycles. The van der Waals surface area contributed by atoms with Gasteiger partial charge < -0.3 is 10.3 Å². The number of pyridine rings is 2. The quantitative estimate of drug-likeness (QED) is 0.734. The van der Waals surface area contributed by atoms with Crippen LogP contribution in [0.4, 0.5) is 5.82 Å². The predicted octanol–water partition coefficient (Wildman–Crippen LogP) is 1.42. The van der Waals surface area contributed by atoms with Crippen molar-refractivity contribution in [2.24, 2.45) is 7.05 Å². The summed E-state index contributed by atoms with van der Waals surface area (Å²) in [4.78, 5) is 16.3. The van der Waals surface area contributed by atoms with Gasteiger partial charge in [-0.25, -0.2) is 4.98 Å². The molecule has 3 aromatic heterocycles. The Hall–Kier alpha value is -2.89. The highest BCUT2D eigenvalue weighted by atomic mass is 16.1. The summed E-state index contributed by atoms with van der Waals surface area (Å²) >= 11 is 0. The summed E-state index contributed by atoms with van der Waals surface area (Å²) in [5.74, 6) is 0.405. The number of aromatic nitrogens is 4. The zero-order valence-electron chi connectivity index (χ0n) is 10.9. The van der Waals surface area contributed by atoms with Crippen molar-refractivity contribution in [2.45, 2.75) is 0 Å². The van der Waals surface area contributed by atoms with Gasteiger partial charge in [0.15, 0.2) is 0 Å². The Morgan fingerprint density at radius 2 is 2.10 bits per heavy atom. The zero-order valence-corrected chi connectivity index (χ0v) is 10.9. The van der Waals surface area contributed by atoms with Crippen LogP contribution in [-0.4, -0.2) is 19.7 Å². The van der Waals surface area contributed by atoms with E-state index in [-0.39, 0.29) is 5.56 Å². The van der Waals surface area contributed by atoms with Crippen LogP contribution in [0.3, 0.4) is 0 Å². The molecule has 3 N–H and O–H groups in total. The number of rotatable bonds is 2. The van der Waals surface area contributed by atoms with Crippen molar-refractivity contribution in [3.05, 3.63) is 53.3 Å². The van der Waals surface area contributed by atoms with Crippen molar-refractivity contribution in [3.8, 4) is 22.3 Å². The Morgan fingerprint density at radius 1 is 1.25 bits per heavy atom. The van der Waals surface area contributed by atoms with Gasteiger partial charge in [0, 0.05) is 47.9 Å². The molecule has 0 saturated carbocycles. The highest BCUT2D eigenvalue weighted by Gasteiger charge is 2.10. The lowest BCUT2D eigenvalue weighted by Crippen LogP contribution is -2.17. The predicted molar refractivity (Wildman–Crippen MR) is 76.9 cm³/mol. The number of nitrogens with one attached hydrogen (secondary N) is 1. The van der Waals surface area contributed by atoms with Gasteiger partial charge in [0.1, 0.15) is 5.82 Å². The summed E-state index contributed by atoms with van der Waals surface area (Å²) in [6.07, 6.45) is 6.73. The highest BCUT2D eigenvalue weighted by molar-refractivity contribution is 5.78. The maximum absolute atomic E-state index is 12.1. The third kappa shape index (κ3) is 1.97. The monoisotopic (exact) mass is 267 g/mol. The minimum absolute atomic E-state index is 0.0720. The van der Waals surface area contributed by atoms with Crippen LogP contribution >= 0.6 is 0 Å². The Labute approximate surface area is 114 Å². The van der Waals surface area contributed by atoms with Crippen molar-refractivity contribution < 1.29 is 0 Å². The van der Waals surface area contributed by atoms with E-state index in [9.17, 15) is 4.79 Å². The van der Waals surface area contributed by atoms with Crippen LogP contribution in [0.5, 0.6) is 0 Å². The average molecular weight is 267 g/mol. The minimum atomic E-state index is -0.0720. The summed E-state index contributed by atoms with van der Waals surface area (Å²) < 4.78 is 1.53. The number of nitrogens with zero attached hydrogens (tertiary/aromatic N) is 3. The van der Waals surface area contributed by atoms with E-state index in [2.05, 4.69) is 15.2 Å². The molecule has 0 aromatic carbocycles. The summed E-state index contributed by atoms with van der Waals surface area (Å²) in [5, 5.41) is 6.64. The number of nitrogen functional groups attached to an aromatic ring is 1. The highest BCUT2D eigenvalue weighted by Crippen LogP contribution is 2.27. The molecule has 0 bridgehead atoms. The Balaban J connectivity index is 2.19. The molecule has 3 aromatic rings. The van der Waals surface area contributed by atoms with Gasteiger partial charge in [-0.3, -0.25) is 9.89 Å². The molecule has 0 unspecified atom stereocenters. The number of aryl methyl sites for hydroxylation is 1. The van der Waals surface area contributed by atoms with Crippen molar-refractivity contribution in [2.75, 3.05) is 5.73 Å². The molecular weight excluding hydrogens is 254 g/mol. The van der Waals surface area contributed by atoms with Gasteiger partial charge in [-0.05, 0) is 18.2 Å². The Bertz CT molecular complexity index is 805. The van der Waals surface area contributed by atoms with E-state index in [4.69, 9.17) is 5.73 Å². The fourth-order valence-electron chi connectivity index (χ4n) is 2.07. The van der Waals surface area contributed by atoms with Crippen LogP contribution in [0, 0.1) is 0 Å². The fourth-order valence-corrected chi connectivity index (χ4v) is 2.07. The molecule has 0 fully saturated rings. The van der Waals surface area contributed by atoms with E-state index < -0.39 is 0 Å². The maximum atomic E-state index is 12.1. The molecule has 0 amide bonds. The molecule has 0 aliphatic heterocycles. The van der Waals surface area contributed by atoms with E-state index >= 15 is 0 Å². The SMILES string of the molecule is Cn1cccc(-c2cnc(N)c(-c3cn[nH]c3)c2)c1=O. The average Bonchev–Trinajstić information content (AvgIpc) is 2.97. The standard InChI is InChI=1S/C14H13N5O/c1-19-4-2-3-11(14(19)20)9-5-12(13(15)16-6-9)10-7-17-18-8-10/h2-8H,1H3,(H2,15,16)(H,17,18). The number of H-pyrrole nitrogens is 1. The number of hydrogen-bond acceptors (Lipinski definition) is 4. The second-order valence-electron chi connectivity index (χ2n) is 4.48. The minimum Gasteiger partial charge on any atom is -0.383 e. The van der Waals surface area contributed by atoms with Gasteiger partial charge in [0.25, 0.3) is 5.56 Å². The fraction of sp³-hybridized carbons (Fsp3) is 0.0714. The molecular formula is C14H13N5O. The number of nitrogens with two attached hydrogens (primary N) is 1. The summed E-state index contributed by atoms with van der Waals surface area (Å²) in [6, 6.07) is 5.45. The maximum Gasteiger partial charge on any atom is 0.258 e. The van der Waals surface area contributed by atoms with Crippen LogP contribution in [0.15, 0.2) is 47.8 Å².